The summed E-state index contributed by atoms with van der Waals surface area (Å²) in [5, 5.41) is 2.76. The lowest BCUT2D eigenvalue weighted by Crippen LogP contribution is -2.20. The second kappa shape index (κ2) is 6.34. The Morgan fingerprint density at radius 1 is 1.20 bits per heavy atom. The van der Waals surface area contributed by atoms with Crippen LogP contribution in [0.15, 0.2) is 42.5 Å². The van der Waals surface area contributed by atoms with Crippen molar-refractivity contribution in [2.45, 2.75) is 0 Å². The molecule has 2 aromatic carbocycles. The third-order valence-electron chi connectivity index (χ3n) is 2.37. The van der Waals surface area contributed by atoms with Crippen molar-refractivity contribution < 1.29 is 18.3 Å². The van der Waals surface area contributed by atoms with Gasteiger partial charge in [-0.25, -0.2) is 8.78 Å². The largest absolute Gasteiger partial charge is 0.484 e. The van der Waals surface area contributed by atoms with Gasteiger partial charge in [0.1, 0.15) is 17.4 Å². The zero-order chi connectivity index (χ0) is 14.5. The summed E-state index contributed by atoms with van der Waals surface area (Å²) < 4.78 is 31.2. The van der Waals surface area contributed by atoms with Crippen LogP contribution >= 0.6 is 11.6 Å². The summed E-state index contributed by atoms with van der Waals surface area (Å²) in [4.78, 5) is 11.6. The van der Waals surface area contributed by atoms with Gasteiger partial charge in [-0.1, -0.05) is 17.7 Å². The van der Waals surface area contributed by atoms with Gasteiger partial charge in [0, 0.05) is 11.1 Å². The molecule has 0 saturated carbocycles. The first-order valence-corrected chi connectivity index (χ1v) is 6.05. The molecule has 0 aromatic heterocycles. The molecule has 2 rings (SSSR count). The fourth-order valence-corrected chi connectivity index (χ4v) is 1.66. The second-order valence-corrected chi connectivity index (χ2v) is 4.35. The minimum atomic E-state index is -0.846. The van der Waals surface area contributed by atoms with Crippen LogP contribution < -0.4 is 10.1 Å². The molecular formula is C14H10ClF2NO2. The number of anilines is 1. The minimum absolute atomic E-state index is 0.105. The lowest BCUT2D eigenvalue weighted by Gasteiger charge is -2.08. The standard InChI is InChI=1S/C14H10ClF2NO2/c15-9-2-1-3-11(6-9)20-8-14(19)18-13-5-4-10(16)7-12(13)17/h1-7H,8H2,(H,18,19). The molecule has 0 aliphatic carbocycles. The van der Waals surface area contributed by atoms with E-state index in [9.17, 15) is 13.6 Å². The first-order valence-electron chi connectivity index (χ1n) is 5.68. The molecule has 0 unspecified atom stereocenters. The molecule has 0 atom stereocenters. The van der Waals surface area contributed by atoms with E-state index >= 15 is 0 Å². The minimum Gasteiger partial charge on any atom is -0.484 e. The molecule has 0 heterocycles. The Morgan fingerprint density at radius 2 is 2.00 bits per heavy atom. The molecule has 3 nitrogen and oxygen atoms in total. The highest BCUT2D eigenvalue weighted by molar-refractivity contribution is 6.30. The number of carbonyl (C=O) groups excluding carboxylic acids is 1. The van der Waals surface area contributed by atoms with E-state index in [2.05, 4.69) is 5.32 Å². The number of benzene rings is 2. The van der Waals surface area contributed by atoms with E-state index < -0.39 is 17.5 Å². The summed E-state index contributed by atoms with van der Waals surface area (Å²) in [5.41, 5.74) is -0.105. The van der Waals surface area contributed by atoms with Crippen LogP contribution in [0, 0.1) is 11.6 Å². The van der Waals surface area contributed by atoms with Crippen LogP contribution in [0.1, 0.15) is 0 Å². The summed E-state index contributed by atoms with van der Waals surface area (Å²) >= 11 is 5.76. The Balaban J connectivity index is 1.92. The van der Waals surface area contributed by atoms with E-state index in [1.165, 1.54) is 0 Å². The first kappa shape index (κ1) is 14.3. The Hall–Kier alpha value is -2.14. The van der Waals surface area contributed by atoms with E-state index in [0.717, 1.165) is 12.1 Å². The van der Waals surface area contributed by atoms with E-state index in [1.54, 1.807) is 24.3 Å². The number of ether oxygens (including phenoxy) is 1. The van der Waals surface area contributed by atoms with Crippen molar-refractivity contribution in [3.63, 3.8) is 0 Å². The zero-order valence-electron chi connectivity index (χ0n) is 10.2. The third kappa shape index (κ3) is 3.93. The summed E-state index contributed by atoms with van der Waals surface area (Å²) in [5.74, 6) is -1.69. The van der Waals surface area contributed by atoms with Gasteiger partial charge in [-0.05, 0) is 30.3 Å². The normalized spacial score (nSPS) is 10.2. The van der Waals surface area contributed by atoms with Crippen molar-refractivity contribution in [2.75, 3.05) is 11.9 Å². The molecular weight excluding hydrogens is 288 g/mol. The molecule has 1 amide bonds. The molecule has 2 aromatic rings. The van der Waals surface area contributed by atoms with E-state index in [-0.39, 0.29) is 12.3 Å². The number of amides is 1. The number of hydrogen-bond acceptors (Lipinski definition) is 2. The highest BCUT2D eigenvalue weighted by Crippen LogP contribution is 2.18. The van der Waals surface area contributed by atoms with Gasteiger partial charge in [0.25, 0.3) is 5.91 Å². The van der Waals surface area contributed by atoms with Gasteiger partial charge >= 0.3 is 0 Å². The first-order chi connectivity index (χ1) is 9.54. The maximum atomic E-state index is 13.3. The number of rotatable bonds is 4. The van der Waals surface area contributed by atoms with Crippen LogP contribution in [0.2, 0.25) is 5.02 Å². The van der Waals surface area contributed by atoms with Gasteiger partial charge in [-0.3, -0.25) is 4.79 Å². The molecule has 0 saturated heterocycles. The molecule has 0 aliphatic heterocycles. The molecule has 0 radical (unpaired) electrons. The highest BCUT2D eigenvalue weighted by atomic mass is 35.5. The van der Waals surface area contributed by atoms with Crippen molar-refractivity contribution in [3.05, 3.63) is 59.1 Å². The van der Waals surface area contributed by atoms with Crippen molar-refractivity contribution in [1.29, 1.82) is 0 Å². The van der Waals surface area contributed by atoms with Crippen LogP contribution in [0.5, 0.6) is 5.75 Å². The van der Waals surface area contributed by atoms with E-state index in [0.29, 0.717) is 16.8 Å². The average Bonchev–Trinajstić information content (AvgIpc) is 2.40. The maximum absolute atomic E-state index is 13.3. The van der Waals surface area contributed by atoms with E-state index in [4.69, 9.17) is 16.3 Å². The zero-order valence-corrected chi connectivity index (χ0v) is 11.0. The van der Waals surface area contributed by atoms with Crippen LogP contribution in [0.4, 0.5) is 14.5 Å². The molecule has 104 valence electrons. The lowest BCUT2D eigenvalue weighted by molar-refractivity contribution is -0.118. The van der Waals surface area contributed by atoms with E-state index in [1.807, 2.05) is 0 Å². The average molecular weight is 298 g/mol. The number of nitrogens with one attached hydrogen (secondary N) is 1. The van der Waals surface area contributed by atoms with Crippen LogP contribution in [0.25, 0.3) is 0 Å². The molecule has 1 N–H and O–H groups in total. The Morgan fingerprint density at radius 3 is 2.70 bits per heavy atom. The second-order valence-electron chi connectivity index (χ2n) is 3.92. The van der Waals surface area contributed by atoms with Crippen molar-refractivity contribution in [3.8, 4) is 5.75 Å². The predicted octanol–water partition coefficient (Wildman–Crippen LogP) is 3.64. The summed E-state index contributed by atoms with van der Waals surface area (Å²) in [7, 11) is 0. The van der Waals surface area contributed by atoms with Crippen LogP contribution in [-0.2, 0) is 4.79 Å². The smallest absolute Gasteiger partial charge is 0.262 e. The Labute approximate surface area is 119 Å². The maximum Gasteiger partial charge on any atom is 0.262 e. The van der Waals surface area contributed by atoms with Gasteiger partial charge in [0.2, 0.25) is 0 Å². The topological polar surface area (TPSA) is 38.3 Å². The Kier molecular flexibility index (Phi) is 4.53. The monoisotopic (exact) mass is 297 g/mol. The summed E-state index contributed by atoms with van der Waals surface area (Å²) in [6, 6.07) is 9.41. The van der Waals surface area contributed by atoms with Crippen molar-refractivity contribution in [2.24, 2.45) is 0 Å². The SMILES string of the molecule is O=C(COc1cccc(Cl)c1)Nc1ccc(F)cc1F. The number of carbonyl (C=O) groups is 1. The van der Waals surface area contributed by atoms with Crippen LogP contribution in [0.3, 0.4) is 0 Å². The molecule has 6 heteroatoms. The van der Waals surface area contributed by atoms with Crippen molar-refractivity contribution >= 4 is 23.2 Å². The quantitative estimate of drug-likeness (QED) is 0.936. The Bertz CT molecular complexity index is 634. The van der Waals surface area contributed by atoms with Gasteiger partial charge in [0.15, 0.2) is 6.61 Å². The lowest BCUT2D eigenvalue weighted by atomic mass is 10.3. The molecule has 0 aliphatic rings. The highest BCUT2D eigenvalue weighted by Gasteiger charge is 2.08. The predicted molar refractivity (Wildman–Crippen MR) is 71.9 cm³/mol. The van der Waals surface area contributed by atoms with Crippen LogP contribution in [-0.4, -0.2) is 12.5 Å². The van der Waals surface area contributed by atoms with Gasteiger partial charge in [0.05, 0.1) is 5.69 Å². The molecule has 20 heavy (non-hydrogen) atoms. The fraction of sp³-hybridized carbons (Fsp3) is 0.0714. The van der Waals surface area contributed by atoms with Gasteiger partial charge < -0.3 is 10.1 Å². The van der Waals surface area contributed by atoms with Gasteiger partial charge in [-0.15, -0.1) is 0 Å². The molecule has 0 fully saturated rings. The third-order valence-corrected chi connectivity index (χ3v) is 2.61. The fourth-order valence-electron chi connectivity index (χ4n) is 1.48. The molecule has 0 bridgehead atoms. The summed E-state index contributed by atoms with van der Waals surface area (Å²) in [6.45, 7) is -0.308. The van der Waals surface area contributed by atoms with Gasteiger partial charge in [-0.2, -0.15) is 0 Å². The number of hydrogen-bond donors (Lipinski definition) is 1. The summed E-state index contributed by atoms with van der Waals surface area (Å²) in [6.07, 6.45) is 0. The van der Waals surface area contributed by atoms with Crippen molar-refractivity contribution in [1.82, 2.24) is 0 Å². The number of halogens is 3. The molecule has 0 spiro atoms.